The second-order valence-electron chi connectivity index (χ2n) is 4.29. The van der Waals surface area contributed by atoms with Crippen LogP contribution in [0.25, 0.3) is 21.5 Å². The summed E-state index contributed by atoms with van der Waals surface area (Å²) < 4.78 is 26.5. The molecule has 0 fully saturated rings. The predicted molar refractivity (Wildman–Crippen MR) is 68.3 cm³/mol. The van der Waals surface area contributed by atoms with Crippen LogP contribution in [0.15, 0.2) is 42.5 Å². The van der Waals surface area contributed by atoms with E-state index < -0.39 is 17.6 Å². The molecule has 0 saturated heterocycles. The van der Waals surface area contributed by atoms with Gasteiger partial charge < -0.3 is 5.11 Å². The summed E-state index contributed by atoms with van der Waals surface area (Å²) in [5, 5.41) is 11.1. The van der Waals surface area contributed by atoms with E-state index in [-0.39, 0.29) is 5.56 Å². The molecule has 0 atom stereocenters. The Morgan fingerprint density at radius 1 is 0.842 bits per heavy atom. The van der Waals surface area contributed by atoms with Crippen LogP contribution in [0.4, 0.5) is 8.78 Å². The van der Waals surface area contributed by atoms with Crippen LogP contribution < -0.4 is 0 Å². The molecule has 3 aromatic rings. The maximum atomic E-state index is 13.3. The van der Waals surface area contributed by atoms with E-state index in [9.17, 15) is 18.7 Å². The van der Waals surface area contributed by atoms with Gasteiger partial charge in [-0.3, -0.25) is 0 Å². The first-order chi connectivity index (χ1) is 9.06. The minimum atomic E-state index is -1.16. The first kappa shape index (κ1) is 11.6. The fraction of sp³-hybridized carbons (Fsp3) is 0. The summed E-state index contributed by atoms with van der Waals surface area (Å²) in [5.41, 5.74) is -0.00741. The molecule has 0 aromatic heterocycles. The van der Waals surface area contributed by atoms with Gasteiger partial charge in [0.15, 0.2) is 0 Å². The van der Waals surface area contributed by atoms with Crippen LogP contribution in [0, 0.1) is 11.6 Å². The molecule has 0 spiro atoms. The molecule has 0 saturated carbocycles. The highest BCUT2D eigenvalue weighted by atomic mass is 19.1. The SMILES string of the molecule is O=C(O)c1c2ccc(F)cc2cc2ccc(F)cc12. The highest BCUT2D eigenvalue weighted by Gasteiger charge is 2.14. The lowest BCUT2D eigenvalue weighted by Crippen LogP contribution is -2.00. The van der Waals surface area contributed by atoms with Crippen LogP contribution in [-0.4, -0.2) is 11.1 Å². The molecule has 0 amide bonds. The van der Waals surface area contributed by atoms with Crippen molar-refractivity contribution in [1.29, 1.82) is 0 Å². The summed E-state index contributed by atoms with van der Waals surface area (Å²) in [4.78, 5) is 11.4. The minimum absolute atomic E-state index is 0.00741. The molecule has 2 nitrogen and oxygen atoms in total. The maximum absolute atomic E-state index is 13.3. The summed E-state index contributed by atoms with van der Waals surface area (Å²) in [5.74, 6) is -2.10. The van der Waals surface area contributed by atoms with Crippen molar-refractivity contribution in [1.82, 2.24) is 0 Å². The Kier molecular flexibility index (Phi) is 2.45. The van der Waals surface area contributed by atoms with Crippen LogP contribution >= 0.6 is 0 Å². The van der Waals surface area contributed by atoms with Crippen molar-refractivity contribution in [3.05, 3.63) is 59.7 Å². The van der Waals surface area contributed by atoms with E-state index in [0.29, 0.717) is 21.5 Å². The third kappa shape index (κ3) is 1.81. The predicted octanol–water partition coefficient (Wildman–Crippen LogP) is 3.97. The molecule has 0 bridgehead atoms. The van der Waals surface area contributed by atoms with Crippen molar-refractivity contribution < 1.29 is 18.7 Å². The van der Waals surface area contributed by atoms with Gasteiger partial charge in [-0.15, -0.1) is 0 Å². The van der Waals surface area contributed by atoms with Gasteiger partial charge in [0.2, 0.25) is 0 Å². The van der Waals surface area contributed by atoms with Crippen molar-refractivity contribution in [2.75, 3.05) is 0 Å². The van der Waals surface area contributed by atoms with E-state index in [2.05, 4.69) is 0 Å². The highest BCUT2D eigenvalue weighted by Crippen LogP contribution is 2.29. The van der Waals surface area contributed by atoms with Gasteiger partial charge >= 0.3 is 5.97 Å². The molecule has 19 heavy (non-hydrogen) atoms. The summed E-state index contributed by atoms with van der Waals surface area (Å²) >= 11 is 0. The van der Waals surface area contributed by atoms with E-state index in [0.717, 1.165) is 0 Å². The average Bonchev–Trinajstić information content (AvgIpc) is 2.35. The summed E-state index contributed by atoms with van der Waals surface area (Å²) in [7, 11) is 0. The zero-order valence-corrected chi connectivity index (χ0v) is 9.65. The van der Waals surface area contributed by atoms with Crippen molar-refractivity contribution in [3.63, 3.8) is 0 Å². The first-order valence-corrected chi connectivity index (χ1v) is 5.61. The highest BCUT2D eigenvalue weighted by molar-refractivity contribution is 6.16. The third-order valence-corrected chi connectivity index (χ3v) is 3.09. The Morgan fingerprint density at radius 3 is 2.26 bits per heavy atom. The minimum Gasteiger partial charge on any atom is -0.478 e. The van der Waals surface area contributed by atoms with Gasteiger partial charge in [0.1, 0.15) is 11.6 Å². The van der Waals surface area contributed by atoms with Crippen molar-refractivity contribution in [2.45, 2.75) is 0 Å². The molecule has 0 unspecified atom stereocenters. The Labute approximate surface area is 106 Å². The largest absolute Gasteiger partial charge is 0.478 e. The molecular weight excluding hydrogens is 250 g/mol. The second kappa shape index (κ2) is 4.02. The van der Waals surface area contributed by atoms with Crippen molar-refractivity contribution >= 4 is 27.5 Å². The van der Waals surface area contributed by atoms with Gasteiger partial charge in [-0.1, -0.05) is 12.1 Å². The normalized spacial score (nSPS) is 11.1. The molecule has 1 N–H and O–H groups in total. The van der Waals surface area contributed by atoms with E-state index >= 15 is 0 Å². The zero-order valence-electron chi connectivity index (χ0n) is 9.65. The molecule has 4 heteroatoms. The van der Waals surface area contributed by atoms with E-state index in [1.54, 1.807) is 6.07 Å². The standard InChI is InChI=1S/C15H8F2O2/c16-10-3-4-12-9(6-10)5-8-1-2-11(17)7-13(8)14(12)15(18)19/h1-7H,(H,18,19). The quantitative estimate of drug-likeness (QED) is 0.670. The summed E-state index contributed by atoms with van der Waals surface area (Å²) in [6.07, 6.45) is 0. The Hall–Kier alpha value is -2.49. The van der Waals surface area contributed by atoms with Gasteiger partial charge in [0, 0.05) is 0 Å². The van der Waals surface area contributed by atoms with Crippen LogP contribution in [-0.2, 0) is 0 Å². The number of benzene rings is 3. The van der Waals surface area contributed by atoms with E-state index in [4.69, 9.17) is 0 Å². The fourth-order valence-electron chi connectivity index (χ4n) is 2.29. The van der Waals surface area contributed by atoms with Gasteiger partial charge in [0.05, 0.1) is 5.56 Å². The first-order valence-electron chi connectivity index (χ1n) is 5.61. The molecule has 0 heterocycles. The molecular formula is C15H8F2O2. The number of hydrogen-bond donors (Lipinski definition) is 1. The lowest BCUT2D eigenvalue weighted by atomic mass is 9.96. The summed E-state index contributed by atoms with van der Waals surface area (Å²) in [6, 6.07) is 9.44. The number of aromatic carboxylic acids is 1. The lowest BCUT2D eigenvalue weighted by molar-refractivity contribution is 0.0701. The number of fused-ring (bicyclic) bond motifs is 2. The number of carboxylic acid groups (broad SMARTS) is 1. The van der Waals surface area contributed by atoms with Gasteiger partial charge in [0.25, 0.3) is 0 Å². The Balaban J connectivity index is 2.57. The van der Waals surface area contributed by atoms with Gasteiger partial charge in [-0.05, 0) is 51.9 Å². The number of carbonyl (C=O) groups is 1. The smallest absolute Gasteiger partial charge is 0.336 e. The second-order valence-corrected chi connectivity index (χ2v) is 4.29. The van der Waals surface area contributed by atoms with Crippen LogP contribution in [0.2, 0.25) is 0 Å². The topological polar surface area (TPSA) is 37.3 Å². The average molecular weight is 258 g/mol. The zero-order chi connectivity index (χ0) is 13.6. The number of halogens is 2. The van der Waals surface area contributed by atoms with Crippen LogP contribution in [0.3, 0.4) is 0 Å². The fourth-order valence-corrected chi connectivity index (χ4v) is 2.29. The van der Waals surface area contributed by atoms with Crippen molar-refractivity contribution in [3.8, 4) is 0 Å². The molecule has 3 rings (SSSR count). The van der Waals surface area contributed by atoms with Crippen LogP contribution in [0.1, 0.15) is 10.4 Å². The Bertz CT molecular complexity index is 825. The molecule has 0 radical (unpaired) electrons. The number of rotatable bonds is 1. The monoisotopic (exact) mass is 258 g/mol. The van der Waals surface area contributed by atoms with Gasteiger partial charge in [-0.2, -0.15) is 0 Å². The van der Waals surface area contributed by atoms with E-state index in [1.165, 1.54) is 36.4 Å². The van der Waals surface area contributed by atoms with Crippen molar-refractivity contribution in [2.24, 2.45) is 0 Å². The number of hydrogen-bond acceptors (Lipinski definition) is 1. The van der Waals surface area contributed by atoms with Gasteiger partial charge in [-0.25, -0.2) is 13.6 Å². The number of carboxylic acids is 1. The lowest BCUT2D eigenvalue weighted by Gasteiger charge is -2.08. The molecule has 3 aromatic carbocycles. The molecule has 0 aliphatic carbocycles. The van der Waals surface area contributed by atoms with Crippen LogP contribution in [0.5, 0.6) is 0 Å². The Morgan fingerprint density at radius 2 is 1.53 bits per heavy atom. The molecule has 94 valence electrons. The summed E-state index contributed by atoms with van der Waals surface area (Å²) in [6.45, 7) is 0. The van der Waals surface area contributed by atoms with E-state index in [1.807, 2.05) is 0 Å². The molecule has 0 aliphatic heterocycles. The molecule has 0 aliphatic rings. The maximum Gasteiger partial charge on any atom is 0.336 e. The third-order valence-electron chi connectivity index (χ3n) is 3.09.